The van der Waals surface area contributed by atoms with E-state index in [1.165, 1.54) is 0 Å². The zero-order valence-corrected chi connectivity index (χ0v) is 12.7. The lowest BCUT2D eigenvalue weighted by Gasteiger charge is -2.31. The largest absolute Gasteiger partial charge is 0.438 e. The molecule has 0 heterocycles. The van der Waals surface area contributed by atoms with Crippen LogP contribution in [0.5, 0.6) is 0 Å². The molecular weight excluding hydrogens is 392 g/mol. The van der Waals surface area contributed by atoms with E-state index in [9.17, 15) is 4.79 Å². The van der Waals surface area contributed by atoms with Gasteiger partial charge in [-0.15, -0.1) is 0 Å². The minimum Gasteiger partial charge on any atom is -0.438 e. The van der Waals surface area contributed by atoms with Gasteiger partial charge in [0, 0.05) is 10.1 Å². The van der Waals surface area contributed by atoms with Crippen LogP contribution in [0.1, 0.15) is 6.92 Å². The molecule has 1 aliphatic rings. The number of hydrogen-bond acceptors (Lipinski definition) is 2. The van der Waals surface area contributed by atoms with Crippen molar-refractivity contribution in [2.45, 2.75) is 16.3 Å². The maximum atomic E-state index is 11.4. The van der Waals surface area contributed by atoms with Crippen molar-refractivity contribution in [2.75, 3.05) is 0 Å². The predicted octanol–water partition coefficient (Wildman–Crippen LogP) is 3.81. The average molecular weight is 401 g/mol. The van der Waals surface area contributed by atoms with Crippen LogP contribution in [0.3, 0.4) is 0 Å². The number of carbonyl (C=O) groups excluding carboxylic acids is 1. The third kappa shape index (κ3) is 3.04. The topological polar surface area (TPSA) is 26.3 Å². The number of allylic oxidation sites excluding steroid dienone is 2. The van der Waals surface area contributed by atoms with Crippen LogP contribution in [-0.4, -0.2) is 15.3 Å². The Labute approximate surface area is 114 Å². The van der Waals surface area contributed by atoms with Crippen molar-refractivity contribution in [3.8, 4) is 0 Å². The molecule has 2 atom stereocenters. The summed E-state index contributed by atoms with van der Waals surface area (Å²) >= 11 is 10.2. The van der Waals surface area contributed by atoms with Crippen LogP contribution < -0.4 is 0 Å². The molecule has 5 heteroatoms. The van der Waals surface area contributed by atoms with Gasteiger partial charge in [0.25, 0.3) is 0 Å². The summed E-state index contributed by atoms with van der Waals surface area (Å²) in [6.07, 6.45) is 5.45. The zero-order chi connectivity index (χ0) is 11.6. The highest BCUT2D eigenvalue weighted by Crippen LogP contribution is 2.40. The number of halogens is 3. The molecule has 0 saturated carbocycles. The van der Waals surface area contributed by atoms with Gasteiger partial charge >= 0.3 is 5.97 Å². The lowest BCUT2D eigenvalue weighted by atomic mass is 10.1. The zero-order valence-electron chi connectivity index (χ0n) is 7.97. The summed E-state index contributed by atoms with van der Waals surface area (Å²) in [5.74, 6) is -0.428. The van der Waals surface area contributed by atoms with Crippen molar-refractivity contribution in [2.24, 2.45) is 0 Å². The first-order valence-corrected chi connectivity index (χ1v) is 6.64. The van der Waals surface area contributed by atoms with Crippen LogP contribution in [0.25, 0.3) is 0 Å². The van der Waals surface area contributed by atoms with E-state index in [0.717, 1.165) is 4.48 Å². The Kier molecular flexibility index (Phi) is 4.38. The lowest BCUT2D eigenvalue weighted by Crippen LogP contribution is -2.37. The van der Waals surface area contributed by atoms with Gasteiger partial charge in [0.2, 0.25) is 4.51 Å². The van der Waals surface area contributed by atoms with Gasteiger partial charge < -0.3 is 4.74 Å². The minimum absolute atomic E-state index is 0.154. The maximum absolute atomic E-state index is 11.4. The minimum atomic E-state index is -0.864. The first-order chi connectivity index (χ1) is 6.87. The summed E-state index contributed by atoms with van der Waals surface area (Å²) in [6, 6.07) is 0. The van der Waals surface area contributed by atoms with E-state index in [0.29, 0.717) is 5.57 Å². The Morgan fingerprint density at radius 3 is 2.80 bits per heavy atom. The van der Waals surface area contributed by atoms with Gasteiger partial charge in [-0.3, -0.25) is 0 Å². The molecule has 0 bridgehead atoms. The van der Waals surface area contributed by atoms with Gasteiger partial charge in [-0.05, 0) is 28.9 Å². The predicted molar refractivity (Wildman–Crippen MR) is 71.4 cm³/mol. The second-order valence-corrected chi connectivity index (χ2v) is 6.21. The molecule has 0 aliphatic heterocycles. The molecule has 1 rings (SSSR count). The first kappa shape index (κ1) is 13.2. The standard InChI is InChI=1S/C10H9Br3O2/c1-6(2)9(14)15-10(13)5-3-4-7(11)8(10)12/h3-5,8H,1H2,2H3. The van der Waals surface area contributed by atoms with Crippen LogP contribution in [-0.2, 0) is 9.53 Å². The van der Waals surface area contributed by atoms with Crippen LogP contribution in [0.15, 0.2) is 34.9 Å². The van der Waals surface area contributed by atoms with Gasteiger partial charge in [-0.2, -0.15) is 0 Å². The van der Waals surface area contributed by atoms with Crippen molar-refractivity contribution in [3.05, 3.63) is 34.9 Å². The summed E-state index contributed by atoms with van der Waals surface area (Å²) in [5.41, 5.74) is 0.368. The van der Waals surface area contributed by atoms with Gasteiger partial charge in [0.05, 0.1) is 4.83 Å². The molecule has 82 valence electrons. The normalized spacial score (nSPS) is 29.6. The number of carbonyl (C=O) groups is 1. The van der Waals surface area contributed by atoms with Gasteiger partial charge in [0.15, 0.2) is 0 Å². The van der Waals surface area contributed by atoms with Crippen LogP contribution >= 0.6 is 47.8 Å². The van der Waals surface area contributed by atoms with Crippen molar-refractivity contribution >= 4 is 53.8 Å². The van der Waals surface area contributed by atoms with Crippen LogP contribution in [0, 0.1) is 0 Å². The van der Waals surface area contributed by atoms with E-state index >= 15 is 0 Å². The molecule has 15 heavy (non-hydrogen) atoms. The molecule has 1 aliphatic carbocycles. The molecule has 0 saturated heterocycles. The molecule has 0 N–H and O–H groups in total. The Hall–Kier alpha value is 0.130. The molecule has 0 fully saturated rings. The SMILES string of the molecule is C=C(C)C(=O)OC1(Br)C=CC=C(Br)C1Br. The molecule has 2 unspecified atom stereocenters. The number of hydrogen-bond donors (Lipinski definition) is 0. The summed E-state index contributed by atoms with van der Waals surface area (Å²) in [6.45, 7) is 5.15. The molecule has 0 aromatic carbocycles. The number of alkyl halides is 2. The highest BCUT2D eigenvalue weighted by Gasteiger charge is 2.39. The summed E-state index contributed by atoms with van der Waals surface area (Å²) in [7, 11) is 0. The lowest BCUT2D eigenvalue weighted by molar-refractivity contribution is -0.143. The molecule has 0 spiro atoms. The number of ether oxygens (including phenoxy) is 1. The number of rotatable bonds is 2. The number of esters is 1. The van der Waals surface area contributed by atoms with Crippen molar-refractivity contribution in [3.63, 3.8) is 0 Å². The fraction of sp³-hybridized carbons (Fsp3) is 0.300. The highest BCUT2D eigenvalue weighted by molar-refractivity contribution is 9.15. The van der Waals surface area contributed by atoms with Gasteiger partial charge in [0.1, 0.15) is 0 Å². The second kappa shape index (κ2) is 4.97. The fourth-order valence-corrected chi connectivity index (χ4v) is 2.69. The van der Waals surface area contributed by atoms with E-state index in [4.69, 9.17) is 4.74 Å². The summed E-state index contributed by atoms with van der Waals surface area (Å²) in [4.78, 5) is 11.3. The Balaban J connectivity index is 2.85. The quantitative estimate of drug-likeness (QED) is 0.400. The van der Waals surface area contributed by atoms with Crippen molar-refractivity contribution < 1.29 is 9.53 Å². The monoisotopic (exact) mass is 398 g/mol. The average Bonchev–Trinajstić information content (AvgIpc) is 2.14. The molecule has 0 amide bonds. The van der Waals surface area contributed by atoms with E-state index in [2.05, 4.69) is 54.4 Å². The smallest absolute Gasteiger partial charge is 0.334 e. The Morgan fingerprint density at radius 2 is 2.27 bits per heavy atom. The Morgan fingerprint density at radius 1 is 1.67 bits per heavy atom. The molecule has 0 aromatic heterocycles. The van der Waals surface area contributed by atoms with Crippen LogP contribution in [0.4, 0.5) is 0 Å². The molecule has 2 nitrogen and oxygen atoms in total. The maximum Gasteiger partial charge on any atom is 0.334 e. The van der Waals surface area contributed by atoms with E-state index in [1.54, 1.807) is 13.0 Å². The Bertz CT molecular complexity index is 360. The third-order valence-electron chi connectivity index (χ3n) is 1.76. The summed E-state index contributed by atoms with van der Waals surface area (Å²) in [5, 5.41) is 0. The van der Waals surface area contributed by atoms with E-state index in [1.807, 2.05) is 12.2 Å². The molecule has 0 radical (unpaired) electrons. The second-order valence-electron chi connectivity index (χ2n) is 3.14. The van der Waals surface area contributed by atoms with Gasteiger partial charge in [-0.1, -0.05) is 50.6 Å². The van der Waals surface area contributed by atoms with Crippen molar-refractivity contribution in [1.29, 1.82) is 0 Å². The van der Waals surface area contributed by atoms with E-state index in [-0.39, 0.29) is 4.83 Å². The van der Waals surface area contributed by atoms with Crippen molar-refractivity contribution in [1.82, 2.24) is 0 Å². The fourth-order valence-electron chi connectivity index (χ4n) is 0.943. The van der Waals surface area contributed by atoms with Crippen LogP contribution in [0.2, 0.25) is 0 Å². The van der Waals surface area contributed by atoms with E-state index < -0.39 is 10.5 Å². The highest BCUT2D eigenvalue weighted by atomic mass is 79.9. The molecular formula is C10H9Br3O2. The summed E-state index contributed by atoms with van der Waals surface area (Å²) < 4.78 is 5.33. The molecule has 0 aromatic rings. The first-order valence-electron chi connectivity index (χ1n) is 4.13. The third-order valence-corrected chi connectivity index (χ3v) is 5.77. The van der Waals surface area contributed by atoms with Gasteiger partial charge in [-0.25, -0.2) is 4.79 Å².